The number of aromatic nitrogens is 2. The van der Waals surface area contributed by atoms with Crippen LogP contribution in [0.25, 0.3) is 10.9 Å². The summed E-state index contributed by atoms with van der Waals surface area (Å²) in [6.07, 6.45) is 3.98. The highest BCUT2D eigenvalue weighted by Gasteiger charge is 2.16. The van der Waals surface area contributed by atoms with E-state index in [9.17, 15) is 9.59 Å². The second-order valence-corrected chi connectivity index (χ2v) is 10.0. The Bertz CT molecular complexity index is 1570. The fraction of sp³-hybridized carbons (Fsp3) is 0.267. The van der Waals surface area contributed by atoms with Gasteiger partial charge >= 0.3 is 0 Å². The van der Waals surface area contributed by atoms with Crippen molar-refractivity contribution in [1.82, 2.24) is 9.66 Å². The van der Waals surface area contributed by atoms with Gasteiger partial charge in [0.25, 0.3) is 11.5 Å². The van der Waals surface area contributed by atoms with Crippen LogP contribution in [0.3, 0.4) is 0 Å². The number of carbonyl (C=O) groups is 1. The first-order valence-electron chi connectivity index (χ1n) is 12.8. The van der Waals surface area contributed by atoms with Crippen LogP contribution in [0.5, 0.6) is 17.2 Å². The number of nitrogens with one attached hydrogen (secondary N) is 1. The first-order valence-corrected chi connectivity index (χ1v) is 13.6. The van der Waals surface area contributed by atoms with Gasteiger partial charge in [-0.25, -0.2) is 4.98 Å². The molecule has 9 nitrogen and oxygen atoms in total. The molecule has 0 aliphatic rings. The van der Waals surface area contributed by atoms with Crippen LogP contribution >= 0.6 is 15.9 Å². The van der Waals surface area contributed by atoms with E-state index in [0.29, 0.717) is 45.9 Å². The Morgan fingerprint density at radius 3 is 2.42 bits per heavy atom. The van der Waals surface area contributed by atoms with Gasteiger partial charge in [0.1, 0.15) is 5.82 Å². The number of unbranched alkanes of at least 4 members (excludes halogenated alkanes) is 1. The number of aryl methyl sites for hydroxylation is 2. The summed E-state index contributed by atoms with van der Waals surface area (Å²) < 4.78 is 19.0. The van der Waals surface area contributed by atoms with Gasteiger partial charge in [-0.1, -0.05) is 47.0 Å². The summed E-state index contributed by atoms with van der Waals surface area (Å²) in [5.41, 5.74) is 2.75. The van der Waals surface area contributed by atoms with E-state index in [1.165, 1.54) is 18.9 Å². The molecular formula is C30H31BrN4O5. The van der Waals surface area contributed by atoms with Crippen molar-refractivity contribution < 1.29 is 19.0 Å². The zero-order chi connectivity index (χ0) is 28.6. The van der Waals surface area contributed by atoms with E-state index in [0.717, 1.165) is 22.9 Å². The maximum absolute atomic E-state index is 13.4. The van der Waals surface area contributed by atoms with E-state index >= 15 is 0 Å². The summed E-state index contributed by atoms with van der Waals surface area (Å²) in [5.74, 6) is 1.23. The summed E-state index contributed by atoms with van der Waals surface area (Å²) in [7, 11) is 2.99. The standard InChI is InChI=1S/C30H31BrN4O5/c1-5-6-7-27-34-24-13-10-21(31)16-23(24)30(37)35(27)32-17-20-14-25(38-3)29(26(15-20)39-4)40-18-28(36)33-22-11-8-19(2)9-12-22/h8-17H,5-7,18H2,1-4H3,(H,33,36). The molecule has 4 rings (SSSR count). The molecule has 3 aromatic carbocycles. The van der Waals surface area contributed by atoms with Gasteiger partial charge in [-0.05, 0) is 55.8 Å². The highest BCUT2D eigenvalue weighted by molar-refractivity contribution is 9.10. The summed E-state index contributed by atoms with van der Waals surface area (Å²) >= 11 is 3.43. The second kappa shape index (κ2) is 13.3. The molecule has 0 bridgehead atoms. The number of amides is 1. The van der Waals surface area contributed by atoms with Crippen molar-refractivity contribution in [2.75, 3.05) is 26.1 Å². The molecule has 208 valence electrons. The molecule has 0 aliphatic carbocycles. The molecule has 0 fully saturated rings. The molecule has 0 atom stereocenters. The van der Waals surface area contributed by atoms with E-state index in [-0.39, 0.29) is 23.8 Å². The number of carbonyl (C=O) groups excluding carboxylic acids is 1. The summed E-state index contributed by atoms with van der Waals surface area (Å²) in [4.78, 5) is 30.5. The lowest BCUT2D eigenvalue weighted by molar-refractivity contribution is -0.118. The molecule has 0 radical (unpaired) electrons. The largest absolute Gasteiger partial charge is 0.493 e. The van der Waals surface area contributed by atoms with E-state index in [4.69, 9.17) is 19.2 Å². The van der Waals surface area contributed by atoms with E-state index in [1.807, 2.05) is 43.3 Å². The number of methoxy groups -OCH3 is 2. The summed E-state index contributed by atoms with van der Waals surface area (Å²) in [6, 6.07) is 16.3. The Morgan fingerprint density at radius 2 is 1.77 bits per heavy atom. The number of hydrogen-bond acceptors (Lipinski definition) is 7. The third-order valence-corrected chi connectivity index (χ3v) is 6.61. The van der Waals surface area contributed by atoms with Crippen LogP contribution in [-0.2, 0) is 11.2 Å². The lowest BCUT2D eigenvalue weighted by Gasteiger charge is -2.15. The van der Waals surface area contributed by atoms with Crippen molar-refractivity contribution in [2.24, 2.45) is 5.10 Å². The van der Waals surface area contributed by atoms with Gasteiger partial charge in [0.15, 0.2) is 18.1 Å². The van der Waals surface area contributed by atoms with Crippen LogP contribution in [0.2, 0.25) is 0 Å². The molecule has 4 aromatic rings. The van der Waals surface area contributed by atoms with Gasteiger partial charge in [0, 0.05) is 22.1 Å². The van der Waals surface area contributed by atoms with Crippen LogP contribution in [-0.4, -0.2) is 42.6 Å². The van der Waals surface area contributed by atoms with Crippen molar-refractivity contribution in [3.05, 3.63) is 86.4 Å². The first kappa shape index (κ1) is 28.8. The minimum atomic E-state index is -0.326. The highest BCUT2D eigenvalue weighted by atomic mass is 79.9. The molecule has 10 heteroatoms. The Balaban J connectivity index is 1.61. The SMILES string of the molecule is CCCCc1nc2ccc(Br)cc2c(=O)n1N=Cc1cc(OC)c(OCC(=O)Nc2ccc(C)cc2)c(OC)c1. The number of ether oxygens (including phenoxy) is 3. The lowest BCUT2D eigenvalue weighted by atomic mass is 10.2. The van der Waals surface area contributed by atoms with Gasteiger partial charge in [0.2, 0.25) is 5.75 Å². The Labute approximate surface area is 240 Å². The number of benzene rings is 3. The minimum Gasteiger partial charge on any atom is -0.493 e. The molecule has 1 amide bonds. The van der Waals surface area contributed by atoms with Gasteiger partial charge < -0.3 is 19.5 Å². The van der Waals surface area contributed by atoms with E-state index < -0.39 is 0 Å². The molecule has 0 saturated carbocycles. The molecule has 40 heavy (non-hydrogen) atoms. The average molecular weight is 608 g/mol. The fourth-order valence-electron chi connectivity index (χ4n) is 4.02. The topological polar surface area (TPSA) is 104 Å². The van der Waals surface area contributed by atoms with Crippen molar-refractivity contribution in [2.45, 2.75) is 33.1 Å². The third-order valence-electron chi connectivity index (χ3n) is 6.12. The highest BCUT2D eigenvalue weighted by Crippen LogP contribution is 2.38. The predicted octanol–water partition coefficient (Wildman–Crippen LogP) is 5.73. The minimum absolute atomic E-state index is 0.247. The Kier molecular flexibility index (Phi) is 9.55. The molecule has 0 aliphatic heterocycles. The molecular weight excluding hydrogens is 576 g/mol. The van der Waals surface area contributed by atoms with Crippen molar-refractivity contribution in [1.29, 1.82) is 0 Å². The van der Waals surface area contributed by atoms with Crippen LogP contribution in [0, 0.1) is 6.92 Å². The second-order valence-electron chi connectivity index (χ2n) is 9.11. The Hall–Kier alpha value is -4.18. The normalized spacial score (nSPS) is 11.1. The van der Waals surface area contributed by atoms with Gasteiger partial charge in [-0.15, -0.1) is 0 Å². The maximum Gasteiger partial charge on any atom is 0.282 e. The quantitative estimate of drug-likeness (QED) is 0.219. The van der Waals surface area contributed by atoms with Crippen molar-refractivity contribution >= 4 is 44.6 Å². The first-order chi connectivity index (χ1) is 19.3. The maximum atomic E-state index is 13.4. The molecule has 1 aromatic heterocycles. The van der Waals surface area contributed by atoms with Gasteiger partial charge in [-0.3, -0.25) is 9.59 Å². The summed E-state index contributed by atoms with van der Waals surface area (Å²) in [5, 5.41) is 7.77. The zero-order valence-electron chi connectivity index (χ0n) is 22.9. The fourth-order valence-corrected chi connectivity index (χ4v) is 4.38. The third kappa shape index (κ3) is 6.87. The smallest absolute Gasteiger partial charge is 0.282 e. The molecule has 1 N–H and O–H groups in total. The predicted molar refractivity (Wildman–Crippen MR) is 160 cm³/mol. The molecule has 1 heterocycles. The average Bonchev–Trinajstić information content (AvgIpc) is 2.95. The van der Waals surface area contributed by atoms with Crippen molar-refractivity contribution in [3.8, 4) is 17.2 Å². The van der Waals surface area contributed by atoms with Crippen LogP contribution in [0.15, 0.2) is 69.0 Å². The van der Waals surface area contributed by atoms with Crippen LogP contribution < -0.4 is 25.1 Å². The molecule has 0 unspecified atom stereocenters. The summed E-state index contributed by atoms with van der Waals surface area (Å²) in [6.45, 7) is 3.81. The van der Waals surface area contributed by atoms with Crippen molar-refractivity contribution in [3.63, 3.8) is 0 Å². The van der Waals surface area contributed by atoms with Gasteiger partial charge in [-0.2, -0.15) is 9.78 Å². The number of nitrogens with zero attached hydrogens (tertiary/aromatic N) is 3. The van der Waals surface area contributed by atoms with Gasteiger partial charge in [0.05, 0.1) is 31.3 Å². The van der Waals surface area contributed by atoms with E-state index in [1.54, 1.807) is 24.4 Å². The van der Waals surface area contributed by atoms with Crippen LogP contribution in [0.4, 0.5) is 5.69 Å². The lowest BCUT2D eigenvalue weighted by Crippen LogP contribution is -2.22. The monoisotopic (exact) mass is 606 g/mol. The number of rotatable bonds is 11. The number of anilines is 1. The number of hydrogen-bond donors (Lipinski definition) is 1. The van der Waals surface area contributed by atoms with Crippen LogP contribution in [0.1, 0.15) is 36.7 Å². The molecule has 0 spiro atoms. The number of halogens is 1. The Morgan fingerprint density at radius 1 is 1.07 bits per heavy atom. The van der Waals surface area contributed by atoms with E-state index in [2.05, 4.69) is 33.3 Å². The molecule has 0 saturated heterocycles. The number of fused-ring (bicyclic) bond motifs is 1. The zero-order valence-corrected chi connectivity index (χ0v) is 24.4.